The Labute approximate surface area is 375 Å². The third-order valence-corrected chi connectivity index (χ3v) is 11.4. The molecule has 2 aromatic carbocycles. The fraction of sp³-hybridized carbons (Fsp3) is 0.432. The molecule has 5 amide bonds. The molecule has 21 nitrogen and oxygen atoms in total. The van der Waals surface area contributed by atoms with Crippen LogP contribution in [0, 0.1) is 13.8 Å². The van der Waals surface area contributed by atoms with Crippen molar-refractivity contribution in [2.24, 2.45) is 11.5 Å². The second-order valence-electron chi connectivity index (χ2n) is 16.6. The molecule has 7 rings (SSSR count). The van der Waals surface area contributed by atoms with E-state index in [4.69, 9.17) is 26.2 Å². The van der Waals surface area contributed by atoms with E-state index in [1.54, 1.807) is 62.6 Å². The molecule has 0 spiro atoms. The maximum absolute atomic E-state index is 13.9. The van der Waals surface area contributed by atoms with Gasteiger partial charge in [-0.15, -0.1) is 0 Å². The number of hydrogen-bond donors (Lipinski definition) is 4. The number of nitrogens with one attached hydrogen (secondary N) is 2. The number of nitrogens with two attached hydrogens (primary N) is 2. The third-order valence-electron chi connectivity index (χ3n) is 11.4. The van der Waals surface area contributed by atoms with Gasteiger partial charge in [-0.2, -0.15) is 10.2 Å². The number of aromatic nitrogens is 8. The Morgan fingerprint density at radius 1 is 0.785 bits per heavy atom. The van der Waals surface area contributed by atoms with Crippen LogP contribution in [0.5, 0.6) is 5.75 Å². The maximum Gasteiger partial charge on any atom is 0.276 e. The third kappa shape index (κ3) is 9.49. The highest BCUT2D eigenvalue weighted by atomic mass is 16.5. The van der Waals surface area contributed by atoms with Crippen LogP contribution in [0.3, 0.4) is 0 Å². The second-order valence-corrected chi connectivity index (χ2v) is 16.6. The second kappa shape index (κ2) is 18.8. The molecule has 0 radical (unpaired) electrons. The number of rotatable bonds is 19. The zero-order valence-electron chi connectivity index (χ0n) is 38.1. The predicted molar refractivity (Wildman–Crippen MR) is 246 cm³/mol. The van der Waals surface area contributed by atoms with Crippen LogP contribution < -0.4 is 31.7 Å². The molecule has 6 N–H and O–H groups in total. The van der Waals surface area contributed by atoms with E-state index in [9.17, 15) is 24.0 Å². The summed E-state index contributed by atoms with van der Waals surface area (Å²) in [6, 6.07) is 9.70. The van der Waals surface area contributed by atoms with Crippen molar-refractivity contribution in [3.8, 4) is 5.75 Å². The molecule has 0 saturated carbocycles. The smallest absolute Gasteiger partial charge is 0.276 e. The molecule has 0 fully saturated rings. The average molecular weight is 892 g/mol. The molecule has 0 bridgehead atoms. The topological polar surface area (TPSA) is 252 Å². The fourth-order valence-corrected chi connectivity index (χ4v) is 8.35. The van der Waals surface area contributed by atoms with E-state index < -0.39 is 17.7 Å². The SMILES string of the molecule is CCn1nc(C)cc1C(=O)Nc1nc2cc(C(N)=O)cc(OCCCN(C)C(=O)CN(C)C)c2n1CCC[C@H]1CN(C)c2cc(C(N)=O)cc3nc(NC(=O)c4cc(C)nn4CC)n1c23. The molecule has 4 aromatic heterocycles. The zero-order chi connectivity index (χ0) is 46.9. The predicted octanol–water partition coefficient (Wildman–Crippen LogP) is 3.40. The molecular formula is C44H57N15O6. The molecule has 344 valence electrons. The first-order chi connectivity index (χ1) is 31.0. The number of amides is 5. The Morgan fingerprint density at radius 3 is 1.94 bits per heavy atom. The number of nitrogens with zero attached hydrogens (tertiary/aromatic N) is 11. The van der Waals surface area contributed by atoms with Crippen molar-refractivity contribution in [2.45, 2.75) is 72.6 Å². The monoisotopic (exact) mass is 891 g/mol. The van der Waals surface area contributed by atoms with Crippen LogP contribution in [-0.2, 0) is 24.4 Å². The van der Waals surface area contributed by atoms with Gasteiger partial charge in [-0.25, -0.2) is 9.97 Å². The Hall–Kier alpha value is -7.29. The molecule has 6 aromatic rings. The minimum Gasteiger partial charge on any atom is -0.491 e. The quantitative estimate of drug-likeness (QED) is 0.0855. The molecule has 1 aliphatic rings. The fourth-order valence-electron chi connectivity index (χ4n) is 8.35. The van der Waals surface area contributed by atoms with Crippen LogP contribution >= 0.6 is 0 Å². The van der Waals surface area contributed by atoms with Crippen LogP contribution in [0.15, 0.2) is 36.4 Å². The van der Waals surface area contributed by atoms with Gasteiger partial charge in [0.05, 0.1) is 52.8 Å². The largest absolute Gasteiger partial charge is 0.491 e. The molecule has 0 unspecified atom stereocenters. The molecule has 5 heterocycles. The lowest BCUT2D eigenvalue weighted by Crippen LogP contribution is -2.36. The first-order valence-electron chi connectivity index (χ1n) is 21.6. The van der Waals surface area contributed by atoms with E-state index in [1.807, 2.05) is 62.9 Å². The Kier molecular flexibility index (Phi) is 13.2. The van der Waals surface area contributed by atoms with E-state index in [0.717, 1.165) is 11.2 Å². The van der Waals surface area contributed by atoms with Gasteiger partial charge in [0.25, 0.3) is 11.8 Å². The number of benzene rings is 2. The molecular weight excluding hydrogens is 835 g/mol. The lowest BCUT2D eigenvalue weighted by Gasteiger charge is -2.34. The number of primary amides is 2. The van der Waals surface area contributed by atoms with Crippen LogP contribution in [0.2, 0.25) is 0 Å². The van der Waals surface area contributed by atoms with Gasteiger partial charge in [-0.1, -0.05) is 0 Å². The van der Waals surface area contributed by atoms with E-state index in [2.05, 4.69) is 20.8 Å². The highest BCUT2D eigenvalue weighted by Crippen LogP contribution is 2.40. The van der Waals surface area contributed by atoms with Crippen LogP contribution in [-0.4, -0.2) is 132 Å². The first-order valence-corrected chi connectivity index (χ1v) is 21.6. The van der Waals surface area contributed by atoms with Gasteiger partial charge in [-0.05, 0) is 97.5 Å². The summed E-state index contributed by atoms with van der Waals surface area (Å²) in [5.74, 6) is -1.25. The average Bonchev–Trinajstić information content (AvgIpc) is 4.02. The van der Waals surface area contributed by atoms with Gasteiger partial charge in [0, 0.05) is 57.9 Å². The summed E-state index contributed by atoms with van der Waals surface area (Å²) in [4.78, 5) is 80.6. The van der Waals surface area contributed by atoms with Gasteiger partial charge in [0.2, 0.25) is 29.6 Å². The Morgan fingerprint density at radius 2 is 1.35 bits per heavy atom. The summed E-state index contributed by atoms with van der Waals surface area (Å²) in [5.41, 5.74) is 17.0. The summed E-state index contributed by atoms with van der Waals surface area (Å²) in [6.45, 7) is 10.1. The summed E-state index contributed by atoms with van der Waals surface area (Å²) < 4.78 is 13.5. The van der Waals surface area contributed by atoms with Crippen molar-refractivity contribution in [2.75, 3.05) is 70.0 Å². The number of hydrogen-bond acceptors (Lipinski definition) is 12. The standard InChI is InChI=1S/C44H57N15O6/c1-9-57-33(17-25(3)51-57)41(63)49-43-47-31-20-28(40(46)62)22-35(65-16-12-14-54(7)36(60)24-53(5)6)38(31)56(43)15-11-13-29-23-55(8)32-21-27(39(45)61)19-30-37(32)59(29)44(48-30)50-42(64)34-18-26(4)52-58(34)10-2/h17-22,29H,9-16,23-24H2,1-8H3,(H2,45,61)(H2,46,62)(H,47,49,63)(H,48,50,64)/t29-/m0/s1. The van der Waals surface area contributed by atoms with Gasteiger partial charge in [0.1, 0.15) is 22.7 Å². The van der Waals surface area contributed by atoms with E-state index in [1.165, 1.54) is 0 Å². The minimum atomic E-state index is -0.679. The molecule has 1 aliphatic heterocycles. The lowest BCUT2D eigenvalue weighted by atomic mass is 10.0. The van der Waals surface area contributed by atoms with Crippen molar-refractivity contribution in [1.82, 2.24) is 48.5 Å². The van der Waals surface area contributed by atoms with Gasteiger partial charge >= 0.3 is 0 Å². The summed E-state index contributed by atoms with van der Waals surface area (Å²) in [5, 5.41) is 14.9. The minimum absolute atomic E-state index is 0.0285. The normalized spacial score (nSPS) is 13.5. The van der Waals surface area contributed by atoms with Crippen molar-refractivity contribution in [3.63, 3.8) is 0 Å². The molecule has 65 heavy (non-hydrogen) atoms. The number of imidazole rings is 2. The van der Waals surface area contributed by atoms with Crippen LogP contribution in [0.1, 0.15) is 92.2 Å². The number of anilines is 3. The Balaban J connectivity index is 1.24. The molecule has 21 heteroatoms. The number of ether oxygens (including phenoxy) is 1. The Bertz CT molecular complexity index is 2810. The number of carbonyl (C=O) groups is 5. The molecule has 0 aliphatic carbocycles. The number of aryl methyl sites for hydroxylation is 5. The highest BCUT2D eigenvalue weighted by Gasteiger charge is 2.31. The van der Waals surface area contributed by atoms with Gasteiger partial charge in [-0.3, -0.25) is 44.0 Å². The maximum atomic E-state index is 13.9. The first kappa shape index (κ1) is 45.7. The van der Waals surface area contributed by atoms with Crippen LogP contribution in [0.4, 0.5) is 17.6 Å². The van der Waals surface area contributed by atoms with Crippen LogP contribution in [0.25, 0.3) is 22.1 Å². The molecule has 0 saturated heterocycles. The van der Waals surface area contributed by atoms with E-state index in [-0.39, 0.29) is 42.5 Å². The number of likely N-dealkylation sites (N-methyl/N-ethyl adjacent to an activating group) is 3. The van der Waals surface area contributed by atoms with Gasteiger partial charge < -0.3 is 40.0 Å². The number of fused-ring (bicyclic) bond motifs is 1. The zero-order valence-corrected chi connectivity index (χ0v) is 38.1. The van der Waals surface area contributed by atoms with E-state index in [0.29, 0.717) is 109 Å². The van der Waals surface area contributed by atoms with Crippen molar-refractivity contribution >= 4 is 69.2 Å². The lowest BCUT2D eigenvalue weighted by molar-refractivity contribution is -0.130. The van der Waals surface area contributed by atoms with Gasteiger partial charge in [0.15, 0.2) is 0 Å². The van der Waals surface area contributed by atoms with Crippen molar-refractivity contribution in [3.05, 3.63) is 70.3 Å². The summed E-state index contributed by atoms with van der Waals surface area (Å²) >= 11 is 0. The van der Waals surface area contributed by atoms with Crippen molar-refractivity contribution < 1.29 is 28.7 Å². The summed E-state index contributed by atoms with van der Waals surface area (Å²) in [7, 11) is 7.34. The van der Waals surface area contributed by atoms with Crippen molar-refractivity contribution in [1.29, 1.82) is 0 Å². The summed E-state index contributed by atoms with van der Waals surface area (Å²) in [6.07, 6.45) is 1.57. The highest BCUT2D eigenvalue weighted by molar-refractivity contribution is 6.06. The molecule has 1 atom stereocenters. The number of carbonyl (C=O) groups excluding carboxylic acids is 5. The van der Waals surface area contributed by atoms with E-state index >= 15 is 0 Å².